The van der Waals surface area contributed by atoms with Crippen LogP contribution in [-0.2, 0) is 0 Å². The average Bonchev–Trinajstić information content (AvgIpc) is 2.62. The molecule has 5 nitrogen and oxygen atoms in total. The third-order valence-electron chi connectivity index (χ3n) is 4.07. The molecule has 0 bridgehead atoms. The lowest BCUT2D eigenvalue weighted by Crippen LogP contribution is -2.02. The van der Waals surface area contributed by atoms with Crippen LogP contribution in [0.5, 0.6) is 11.5 Å². The first-order chi connectivity index (χ1) is 12.6. The van der Waals surface area contributed by atoms with Gasteiger partial charge in [0, 0.05) is 30.1 Å². The summed E-state index contributed by atoms with van der Waals surface area (Å²) in [6.07, 6.45) is 3.12. The summed E-state index contributed by atoms with van der Waals surface area (Å²) in [7, 11) is 0. The van der Waals surface area contributed by atoms with Gasteiger partial charge in [0.2, 0.25) is 0 Å². The second-order valence-corrected chi connectivity index (χ2v) is 6.09. The third-order valence-corrected chi connectivity index (χ3v) is 4.40. The summed E-state index contributed by atoms with van der Waals surface area (Å²) in [4.78, 5) is 16.6. The molecule has 0 radical (unpaired) electrons. The van der Waals surface area contributed by atoms with Crippen molar-refractivity contribution in [1.82, 2.24) is 4.98 Å². The standard InChI is InChI=1S/C20H12ClNO4/c21-13-4-2-1-3-12(13)17-10-16(25)19-15(24)9-14(23)18(20(19)26-17)11-5-7-22-8-6-11/h1-10,23-24H. The van der Waals surface area contributed by atoms with Gasteiger partial charge in [-0.25, -0.2) is 0 Å². The van der Waals surface area contributed by atoms with Crippen molar-refractivity contribution in [1.29, 1.82) is 0 Å². The molecule has 0 saturated carbocycles. The molecule has 2 heterocycles. The Hall–Kier alpha value is -3.31. The Morgan fingerprint density at radius 2 is 1.69 bits per heavy atom. The monoisotopic (exact) mass is 365 g/mol. The molecule has 0 amide bonds. The number of rotatable bonds is 2. The van der Waals surface area contributed by atoms with Gasteiger partial charge in [0.25, 0.3) is 0 Å². The van der Waals surface area contributed by atoms with Crippen LogP contribution in [0.4, 0.5) is 0 Å². The van der Waals surface area contributed by atoms with Crippen molar-refractivity contribution in [2.45, 2.75) is 0 Å². The highest BCUT2D eigenvalue weighted by Gasteiger charge is 2.20. The van der Waals surface area contributed by atoms with Crippen LogP contribution < -0.4 is 5.43 Å². The number of phenols is 2. The first kappa shape index (κ1) is 16.2. The number of benzene rings is 2. The molecule has 4 aromatic rings. The van der Waals surface area contributed by atoms with E-state index in [1.54, 1.807) is 48.8 Å². The van der Waals surface area contributed by atoms with Crippen molar-refractivity contribution in [2.24, 2.45) is 0 Å². The Morgan fingerprint density at radius 1 is 0.962 bits per heavy atom. The van der Waals surface area contributed by atoms with Gasteiger partial charge in [0.05, 0.1) is 10.6 Å². The fourth-order valence-electron chi connectivity index (χ4n) is 2.89. The summed E-state index contributed by atoms with van der Waals surface area (Å²) in [5.74, 6) is -0.316. The zero-order valence-corrected chi connectivity index (χ0v) is 14.1. The van der Waals surface area contributed by atoms with Crippen LogP contribution in [0.15, 0.2) is 70.1 Å². The third kappa shape index (κ3) is 2.59. The van der Waals surface area contributed by atoms with Gasteiger partial charge >= 0.3 is 0 Å². The molecule has 0 fully saturated rings. The van der Waals surface area contributed by atoms with Crippen molar-refractivity contribution >= 4 is 22.6 Å². The summed E-state index contributed by atoms with van der Waals surface area (Å²) >= 11 is 6.21. The lowest BCUT2D eigenvalue weighted by atomic mass is 10.0. The predicted molar refractivity (Wildman–Crippen MR) is 99.5 cm³/mol. The Morgan fingerprint density at radius 3 is 2.42 bits per heavy atom. The van der Waals surface area contributed by atoms with Crippen LogP contribution in [0.3, 0.4) is 0 Å². The summed E-state index contributed by atoms with van der Waals surface area (Å²) in [6, 6.07) is 12.7. The fraction of sp³-hybridized carbons (Fsp3) is 0. The second kappa shape index (κ2) is 6.20. The molecule has 6 heteroatoms. The molecule has 0 aliphatic rings. The summed E-state index contributed by atoms with van der Waals surface area (Å²) in [5, 5.41) is 21.0. The van der Waals surface area contributed by atoms with Crippen LogP contribution >= 0.6 is 11.6 Å². The number of halogens is 1. The van der Waals surface area contributed by atoms with Crippen molar-refractivity contribution in [3.63, 3.8) is 0 Å². The van der Waals surface area contributed by atoms with Crippen molar-refractivity contribution in [3.8, 4) is 33.9 Å². The van der Waals surface area contributed by atoms with Gasteiger partial charge < -0.3 is 14.6 Å². The zero-order chi connectivity index (χ0) is 18.3. The second-order valence-electron chi connectivity index (χ2n) is 5.68. The number of pyridine rings is 1. The van der Waals surface area contributed by atoms with Crippen molar-refractivity contribution in [3.05, 3.63) is 76.2 Å². The SMILES string of the molecule is O=c1cc(-c2ccccc2Cl)oc2c(-c3ccncc3)c(O)cc(O)c12. The fourth-order valence-corrected chi connectivity index (χ4v) is 3.12. The Kier molecular flexibility index (Phi) is 3.86. The molecule has 0 aliphatic carbocycles. The molecule has 0 unspecified atom stereocenters. The topological polar surface area (TPSA) is 83.6 Å². The number of aromatic nitrogens is 1. The number of fused-ring (bicyclic) bond motifs is 1. The van der Waals surface area contributed by atoms with E-state index >= 15 is 0 Å². The number of aromatic hydroxyl groups is 2. The number of hydrogen-bond acceptors (Lipinski definition) is 5. The molecule has 2 aromatic heterocycles. The van der Waals surface area contributed by atoms with Crippen molar-refractivity contribution in [2.75, 3.05) is 0 Å². The van der Waals surface area contributed by atoms with Gasteiger partial charge in [0.1, 0.15) is 22.6 Å². The van der Waals surface area contributed by atoms with Gasteiger partial charge in [-0.1, -0.05) is 23.7 Å². The van der Waals surface area contributed by atoms with E-state index in [1.165, 1.54) is 6.07 Å². The summed E-state index contributed by atoms with van der Waals surface area (Å²) in [5.41, 5.74) is 1.08. The minimum absolute atomic E-state index is 0.00887. The van der Waals surface area contributed by atoms with E-state index in [4.69, 9.17) is 16.0 Å². The van der Waals surface area contributed by atoms with Gasteiger partial charge in [0.15, 0.2) is 11.0 Å². The highest BCUT2D eigenvalue weighted by atomic mass is 35.5. The maximum atomic E-state index is 12.6. The molecular weight excluding hydrogens is 354 g/mol. The lowest BCUT2D eigenvalue weighted by Gasteiger charge is -2.11. The van der Waals surface area contributed by atoms with E-state index < -0.39 is 5.43 Å². The molecule has 128 valence electrons. The summed E-state index contributed by atoms with van der Waals surface area (Å²) in [6.45, 7) is 0. The minimum Gasteiger partial charge on any atom is -0.507 e. The average molecular weight is 366 g/mol. The van der Waals surface area contributed by atoms with E-state index in [-0.39, 0.29) is 28.2 Å². The molecule has 2 aromatic carbocycles. The predicted octanol–water partition coefficient (Wildman–Crippen LogP) is 4.59. The molecule has 0 aliphatic heterocycles. The Balaban J connectivity index is 2.13. The van der Waals surface area contributed by atoms with Gasteiger partial charge in [-0.05, 0) is 29.8 Å². The number of hydrogen-bond donors (Lipinski definition) is 2. The van der Waals surface area contributed by atoms with Gasteiger partial charge in [-0.15, -0.1) is 0 Å². The largest absolute Gasteiger partial charge is 0.507 e. The van der Waals surface area contributed by atoms with Crippen LogP contribution in [0.1, 0.15) is 0 Å². The van der Waals surface area contributed by atoms with Crippen LogP contribution in [0, 0.1) is 0 Å². The lowest BCUT2D eigenvalue weighted by molar-refractivity contribution is 0.454. The Bertz CT molecular complexity index is 1190. The first-order valence-electron chi connectivity index (χ1n) is 7.74. The molecule has 0 saturated heterocycles. The molecule has 26 heavy (non-hydrogen) atoms. The van der Waals surface area contributed by atoms with Crippen LogP contribution in [-0.4, -0.2) is 15.2 Å². The van der Waals surface area contributed by atoms with E-state index in [9.17, 15) is 15.0 Å². The highest BCUT2D eigenvalue weighted by Crippen LogP contribution is 2.41. The first-order valence-corrected chi connectivity index (χ1v) is 8.12. The molecule has 2 N–H and O–H groups in total. The van der Waals surface area contributed by atoms with Gasteiger partial charge in [-0.2, -0.15) is 0 Å². The molecule has 0 atom stereocenters. The summed E-state index contributed by atoms with van der Waals surface area (Å²) < 4.78 is 5.93. The smallest absolute Gasteiger partial charge is 0.197 e. The van der Waals surface area contributed by atoms with E-state index in [0.717, 1.165) is 6.07 Å². The normalized spacial score (nSPS) is 11.0. The zero-order valence-electron chi connectivity index (χ0n) is 13.3. The highest BCUT2D eigenvalue weighted by molar-refractivity contribution is 6.33. The van der Waals surface area contributed by atoms with E-state index in [2.05, 4.69) is 4.98 Å². The van der Waals surface area contributed by atoms with Crippen LogP contribution in [0.2, 0.25) is 5.02 Å². The van der Waals surface area contributed by atoms with E-state index in [0.29, 0.717) is 21.7 Å². The molecule has 0 spiro atoms. The number of nitrogens with zero attached hydrogens (tertiary/aromatic N) is 1. The van der Waals surface area contributed by atoms with E-state index in [1.807, 2.05) is 0 Å². The quantitative estimate of drug-likeness (QED) is 0.543. The Labute approximate surface area is 152 Å². The molecular formula is C20H12ClNO4. The molecule has 4 rings (SSSR count). The number of phenolic OH excluding ortho intramolecular Hbond substituents is 2. The van der Waals surface area contributed by atoms with Crippen LogP contribution in [0.25, 0.3) is 33.4 Å². The maximum absolute atomic E-state index is 12.6. The minimum atomic E-state index is -0.436. The van der Waals surface area contributed by atoms with Crippen molar-refractivity contribution < 1.29 is 14.6 Å². The van der Waals surface area contributed by atoms with Gasteiger partial charge in [-0.3, -0.25) is 9.78 Å². The maximum Gasteiger partial charge on any atom is 0.197 e.